The molecule has 88 valence electrons. The number of anilines is 1. The van der Waals surface area contributed by atoms with Crippen molar-refractivity contribution in [1.29, 1.82) is 5.26 Å². The topological polar surface area (TPSA) is 62.1 Å². The molecule has 0 saturated carbocycles. The van der Waals surface area contributed by atoms with Crippen LogP contribution in [-0.2, 0) is 9.53 Å². The van der Waals surface area contributed by atoms with Crippen molar-refractivity contribution in [3.05, 3.63) is 41.1 Å². The monoisotopic (exact) mass is 250 g/mol. The van der Waals surface area contributed by atoms with Crippen molar-refractivity contribution in [3.63, 3.8) is 0 Å². The second-order valence-corrected chi connectivity index (χ2v) is 3.42. The number of nitrogens with zero attached hydrogens (tertiary/aromatic N) is 1. The van der Waals surface area contributed by atoms with E-state index in [1.807, 2.05) is 0 Å². The number of nitrogens with one attached hydrogen (secondary N) is 1. The van der Waals surface area contributed by atoms with Crippen LogP contribution in [-0.4, -0.2) is 12.6 Å². The van der Waals surface area contributed by atoms with Crippen LogP contribution in [0.15, 0.2) is 36.0 Å². The lowest BCUT2D eigenvalue weighted by Crippen LogP contribution is -2.07. The van der Waals surface area contributed by atoms with E-state index in [4.69, 9.17) is 21.6 Å². The number of carbonyl (C=O) groups excluding carboxylic acids is 1. The molecule has 0 spiro atoms. The van der Waals surface area contributed by atoms with Gasteiger partial charge in [-0.05, 0) is 19.1 Å². The second kappa shape index (κ2) is 6.56. The Hall–Kier alpha value is -1.99. The van der Waals surface area contributed by atoms with Gasteiger partial charge in [-0.3, -0.25) is 0 Å². The molecule has 0 bridgehead atoms. The zero-order chi connectivity index (χ0) is 12.7. The van der Waals surface area contributed by atoms with Gasteiger partial charge in [-0.2, -0.15) is 5.26 Å². The quantitative estimate of drug-likeness (QED) is 0.507. The van der Waals surface area contributed by atoms with Gasteiger partial charge in [0.15, 0.2) is 5.57 Å². The standard InChI is InChI=1S/C12H11ClN2O2/c1-2-17-12(16)9(7-14)8-15-11-6-4-3-5-10(11)13/h3-6,8,15H,2H2,1H3/b9-8+. The molecule has 0 saturated heterocycles. The van der Waals surface area contributed by atoms with Crippen molar-refractivity contribution in [2.45, 2.75) is 6.92 Å². The fourth-order valence-corrected chi connectivity index (χ4v) is 1.26. The first-order chi connectivity index (χ1) is 8.19. The molecule has 1 aromatic rings. The summed E-state index contributed by atoms with van der Waals surface area (Å²) in [6.07, 6.45) is 1.28. The van der Waals surface area contributed by atoms with Crippen molar-refractivity contribution >= 4 is 23.3 Å². The molecule has 0 aliphatic rings. The zero-order valence-electron chi connectivity index (χ0n) is 9.24. The molecular formula is C12H11ClN2O2. The third kappa shape index (κ3) is 3.82. The molecule has 5 heteroatoms. The van der Waals surface area contributed by atoms with Crippen LogP contribution >= 0.6 is 11.6 Å². The minimum Gasteiger partial charge on any atom is -0.462 e. The second-order valence-electron chi connectivity index (χ2n) is 3.01. The summed E-state index contributed by atoms with van der Waals surface area (Å²) in [6.45, 7) is 1.90. The summed E-state index contributed by atoms with van der Waals surface area (Å²) in [5.74, 6) is -0.658. The van der Waals surface area contributed by atoms with E-state index in [9.17, 15) is 4.79 Å². The molecule has 0 aromatic heterocycles. The first kappa shape index (κ1) is 13.1. The molecule has 0 radical (unpaired) electrons. The summed E-state index contributed by atoms with van der Waals surface area (Å²) in [6, 6.07) is 8.77. The summed E-state index contributed by atoms with van der Waals surface area (Å²) < 4.78 is 4.71. The van der Waals surface area contributed by atoms with Crippen LogP contribution in [0.5, 0.6) is 0 Å². The fourth-order valence-electron chi connectivity index (χ4n) is 1.07. The Kier molecular flexibility index (Phi) is 5.05. The highest BCUT2D eigenvalue weighted by Gasteiger charge is 2.09. The van der Waals surface area contributed by atoms with Gasteiger partial charge in [0.1, 0.15) is 6.07 Å². The van der Waals surface area contributed by atoms with Gasteiger partial charge in [0.05, 0.1) is 17.3 Å². The Morgan fingerprint density at radius 3 is 2.88 bits per heavy atom. The van der Waals surface area contributed by atoms with Gasteiger partial charge in [-0.1, -0.05) is 23.7 Å². The highest BCUT2D eigenvalue weighted by Crippen LogP contribution is 2.20. The first-order valence-electron chi connectivity index (χ1n) is 4.97. The number of rotatable bonds is 4. The number of carbonyl (C=O) groups is 1. The molecule has 0 amide bonds. The number of hydrogen-bond donors (Lipinski definition) is 1. The Morgan fingerprint density at radius 2 is 2.29 bits per heavy atom. The number of esters is 1. The first-order valence-corrected chi connectivity index (χ1v) is 5.35. The molecule has 0 fully saturated rings. The van der Waals surface area contributed by atoms with Gasteiger partial charge in [-0.25, -0.2) is 4.79 Å². The van der Waals surface area contributed by atoms with E-state index in [2.05, 4.69) is 5.32 Å². The molecule has 0 unspecified atom stereocenters. The van der Waals surface area contributed by atoms with Crippen LogP contribution in [0.2, 0.25) is 5.02 Å². The third-order valence-electron chi connectivity index (χ3n) is 1.86. The SMILES string of the molecule is CCOC(=O)/C(C#N)=C/Nc1ccccc1Cl. The summed E-state index contributed by atoms with van der Waals surface area (Å²) in [4.78, 5) is 11.3. The number of para-hydroxylation sites is 1. The van der Waals surface area contributed by atoms with E-state index in [0.717, 1.165) is 0 Å². The molecule has 0 atom stereocenters. The van der Waals surface area contributed by atoms with E-state index >= 15 is 0 Å². The van der Waals surface area contributed by atoms with Crippen LogP contribution < -0.4 is 5.32 Å². The highest BCUT2D eigenvalue weighted by atomic mass is 35.5. The molecule has 4 nitrogen and oxygen atoms in total. The van der Waals surface area contributed by atoms with Crippen molar-refractivity contribution in [2.24, 2.45) is 0 Å². The average molecular weight is 251 g/mol. The van der Waals surface area contributed by atoms with Crippen LogP contribution in [0.3, 0.4) is 0 Å². The summed E-state index contributed by atoms with van der Waals surface area (Å²) >= 11 is 5.90. The Labute approximate surface area is 104 Å². The van der Waals surface area contributed by atoms with Crippen molar-refractivity contribution in [3.8, 4) is 6.07 Å². The number of hydrogen-bond acceptors (Lipinski definition) is 4. The minimum atomic E-state index is -0.658. The van der Waals surface area contributed by atoms with Crippen LogP contribution in [0, 0.1) is 11.3 Å². The van der Waals surface area contributed by atoms with Gasteiger partial charge in [0, 0.05) is 6.20 Å². The smallest absolute Gasteiger partial charge is 0.350 e. The summed E-state index contributed by atoms with van der Waals surface area (Å²) in [5, 5.41) is 12.1. The van der Waals surface area contributed by atoms with Crippen molar-refractivity contribution in [1.82, 2.24) is 0 Å². The molecule has 0 heterocycles. The van der Waals surface area contributed by atoms with Crippen LogP contribution in [0.25, 0.3) is 0 Å². The van der Waals surface area contributed by atoms with E-state index in [0.29, 0.717) is 10.7 Å². The Balaban J connectivity index is 2.79. The van der Waals surface area contributed by atoms with Gasteiger partial charge >= 0.3 is 5.97 Å². The number of halogens is 1. The zero-order valence-corrected chi connectivity index (χ0v) is 9.99. The summed E-state index contributed by atoms with van der Waals surface area (Å²) in [5.41, 5.74) is 0.512. The van der Waals surface area contributed by atoms with Crippen LogP contribution in [0.4, 0.5) is 5.69 Å². The van der Waals surface area contributed by atoms with Gasteiger partial charge in [-0.15, -0.1) is 0 Å². The molecule has 1 aromatic carbocycles. The maximum Gasteiger partial charge on any atom is 0.350 e. The summed E-state index contributed by atoms with van der Waals surface area (Å²) in [7, 11) is 0. The lowest BCUT2D eigenvalue weighted by molar-refractivity contribution is -0.138. The molecule has 17 heavy (non-hydrogen) atoms. The number of nitriles is 1. The van der Waals surface area contributed by atoms with Gasteiger partial charge in [0.2, 0.25) is 0 Å². The predicted octanol–water partition coefficient (Wildman–Crippen LogP) is 2.72. The van der Waals surface area contributed by atoms with Crippen molar-refractivity contribution in [2.75, 3.05) is 11.9 Å². The third-order valence-corrected chi connectivity index (χ3v) is 2.19. The normalized spacial score (nSPS) is 10.5. The van der Waals surface area contributed by atoms with E-state index in [1.165, 1.54) is 6.20 Å². The molecule has 0 aliphatic carbocycles. The highest BCUT2D eigenvalue weighted by molar-refractivity contribution is 6.33. The number of ether oxygens (including phenoxy) is 1. The number of benzene rings is 1. The van der Waals surface area contributed by atoms with E-state index < -0.39 is 5.97 Å². The molecular weight excluding hydrogens is 240 g/mol. The Morgan fingerprint density at radius 1 is 1.59 bits per heavy atom. The lowest BCUT2D eigenvalue weighted by atomic mass is 10.3. The average Bonchev–Trinajstić information content (AvgIpc) is 2.32. The molecule has 1 rings (SSSR count). The lowest BCUT2D eigenvalue weighted by Gasteiger charge is -2.04. The minimum absolute atomic E-state index is 0.105. The maximum absolute atomic E-state index is 11.3. The predicted molar refractivity (Wildman–Crippen MR) is 65.4 cm³/mol. The van der Waals surface area contributed by atoms with Gasteiger partial charge in [0.25, 0.3) is 0 Å². The maximum atomic E-state index is 11.3. The van der Waals surface area contributed by atoms with E-state index in [1.54, 1.807) is 37.3 Å². The van der Waals surface area contributed by atoms with Gasteiger partial charge < -0.3 is 10.1 Å². The van der Waals surface area contributed by atoms with E-state index in [-0.39, 0.29) is 12.2 Å². The Bertz CT molecular complexity index is 478. The largest absolute Gasteiger partial charge is 0.462 e. The van der Waals surface area contributed by atoms with Crippen molar-refractivity contribution < 1.29 is 9.53 Å². The fraction of sp³-hybridized carbons (Fsp3) is 0.167. The molecule has 1 N–H and O–H groups in total. The molecule has 0 aliphatic heterocycles. The van der Waals surface area contributed by atoms with Crippen LogP contribution in [0.1, 0.15) is 6.92 Å².